The smallest absolute Gasteiger partial charge is 0.264 e. The first-order valence-electron chi connectivity index (χ1n) is 5.42. The Bertz CT molecular complexity index is 829. The Morgan fingerprint density at radius 3 is 2.50 bits per heavy atom. The van der Waals surface area contributed by atoms with Crippen molar-refractivity contribution in [1.29, 1.82) is 0 Å². The molecule has 0 spiro atoms. The fourth-order valence-electron chi connectivity index (χ4n) is 1.72. The summed E-state index contributed by atoms with van der Waals surface area (Å²) in [4.78, 5) is 4.66. The van der Waals surface area contributed by atoms with Crippen LogP contribution in [0.25, 0.3) is 16.4 Å². The van der Waals surface area contributed by atoms with Gasteiger partial charge in [0, 0.05) is 22.6 Å². The number of hydrogen-bond acceptors (Lipinski definition) is 6. The molecule has 6 nitrogen and oxygen atoms in total. The molecule has 3 aromatic rings. The van der Waals surface area contributed by atoms with Crippen LogP contribution in [0.1, 0.15) is 0 Å². The Hall–Kier alpha value is -1.77. The lowest BCUT2D eigenvalue weighted by Crippen LogP contribution is -2.05. The minimum absolute atomic E-state index is 0.311. The van der Waals surface area contributed by atoms with Crippen molar-refractivity contribution in [3.63, 3.8) is 0 Å². The van der Waals surface area contributed by atoms with Gasteiger partial charge in [0.1, 0.15) is 0 Å². The molecule has 0 unspecified atom stereocenters. The minimum Gasteiger partial charge on any atom is -0.264 e. The Morgan fingerprint density at radius 1 is 1.15 bits per heavy atom. The molecule has 2 heterocycles. The van der Waals surface area contributed by atoms with Crippen LogP contribution in [0, 0.1) is 0 Å². The van der Waals surface area contributed by atoms with E-state index in [0.717, 1.165) is 0 Å². The highest BCUT2D eigenvalue weighted by molar-refractivity contribution is 8.13. The van der Waals surface area contributed by atoms with Crippen molar-refractivity contribution in [1.82, 2.24) is 19.7 Å². The van der Waals surface area contributed by atoms with Crippen LogP contribution in [-0.2, 0) is 9.05 Å². The van der Waals surface area contributed by atoms with Crippen LogP contribution in [0.3, 0.4) is 0 Å². The molecule has 0 saturated heterocycles. The largest absolute Gasteiger partial charge is 0.297 e. The van der Waals surface area contributed by atoms with E-state index in [9.17, 15) is 8.42 Å². The SMILES string of the molecule is O=S(=O)(Cl)c1nnc(-c2cncs2)n1-c1ccccc1. The number of hydrogen-bond donors (Lipinski definition) is 0. The fourth-order valence-corrected chi connectivity index (χ4v) is 3.17. The third-order valence-electron chi connectivity index (χ3n) is 2.52. The van der Waals surface area contributed by atoms with Gasteiger partial charge >= 0.3 is 0 Å². The zero-order chi connectivity index (χ0) is 14.2. The summed E-state index contributed by atoms with van der Waals surface area (Å²) < 4.78 is 24.7. The topological polar surface area (TPSA) is 77.7 Å². The predicted molar refractivity (Wildman–Crippen MR) is 75.5 cm³/mol. The van der Waals surface area contributed by atoms with Crippen LogP contribution in [0.4, 0.5) is 0 Å². The maximum absolute atomic E-state index is 11.6. The van der Waals surface area contributed by atoms with Gasteiger partial charge in [0.15, 0.2) is 5.82 Å². The molecular weight excluding hydrogens is 320 g/mol. The average Bonchev–Trinajstić information content (AvgIpc) is 3.07. The first kappa shape index (κ1) is 13.2. The number of nitrogens with zero attached hydrogens (tertiary/aromatic N) is 4. The Balaban J connectivity index is 2.31. The van der Waals surface area contributed by atoms with Crippen LogP contribution < -0.4 is 0 Å². The zero-order valence-electron chi connectivity index (χ0n) is 9.84. The van der Waals surface area contributed by atoms with Gasteiger partial charge in [-0.15, -0.1) is 21.5 Å². The minimum atomic E-state index is -4.01. The van der Waals surface area contributed by atoms with E-state index >= 15 is 0 Å². The second-order valence-corrected chi connectivity index (χ2v) is 7.13. The molecular formula is C11H7ClN4O2S2. The van der Waals surface area contributed by atoms with Crippen LogP contribution in [0.15, 0.2) is 47.2 Å². The highest BCUT2D eigenvalue weighted by atomic mass is 35.7. The maximum Gasteiger partial charge on any atom is 0.297 e. The first-order chi connectivity index (χ1) is 9.57. The summed E-state index contributed by atoms with van der Waals surface area (Å²) in [5, 5.41) is 7.30. The first-order valence-corrected chi connectivity index (χ1v) is 8.60. The summed E-state index contributed by atoms with van der Waals surface area (Å²) in [6.07, 6.45) is 1.60. The van der Waals surface area contributed by atoms with Gasteiger partial charge in [-0.3, -0.25) is 9.55 Å². The van der Waals surface area contributed by atoms with E-state index in [1.807, 2.05) is 6.07 Å². The van der Waals surface area contributed by atoms with E-state index in [1.165, 1.54) is 15.9 Å². The number of halogens is 1. The molecule has 0 N–H and O–H groups in total. The van der Waals surface area contributed by atoms with Crippen molar-refractivity contribution < 1.29 is 8.42 Å². The van der Waals surface area contributed by atoms with Gasteiger partial charge in [0.25, 0.3) is 14.2 Å². The van der Waals surface area contributed by atoms with Crippen molar-refractivity contribution in [3.05, 3.63) is 42.0 Å². The molecule has 0 amide bonds. The second-order valence-electron chi connectivity index (χ2n) is 3.78. The number of para-hydroxylation sites is 1. The molecule has 0 atom stereocenters. The predicted octanol–water partition coefficient (Wildman–Crippen LogP) is 2.32. The maximum atomic E-state index is 11.6. The average molecular weight is 327 g/mol. The summed E-state index contributed by atoms with van der Waals surface area (Å²) in [6, 6.07) is 8.90. The highest BCUT2D eigenvalue weighted by Crippen LogP contribution is 2.28. The lowest BCUT2D eigenvalue weighted by Gasteiger charge is -2.07. The summed E-state index contributed by atoms with van der Waals surface area (Å²) >= 11 is 1.34. The highest BCUT2D eigenvalue weighted by Gasteiger charge is 2.24. The standard InChI is InChI=1S/C11H7ClN4O2S2/c12-20(17,18)11-15-14-10(9-6-13-7-19-9)16(11)8-4-2-1-3-5-8/h1-7H. The molecule has 102 valence electrons. The van der Waals surface area contributed by atoms with Gasteiger partial charge in [-0.1, -0.05) is 18.2 Å². The molecule has 0 aliphatic heterocycles. The molecule has 20 heavy (non-hydrogen) atoms. The molecule has 0 aliphatic rings. The summed E-state index contributed by atoms with van der Waals surface area (Å²) in [5.41, 5.74) is 2.24. The van der Waals surface area contributed by atoms with Gasteiger partial charge in [0.05, 0.1) is 10.4 Å². The van der Waals surface area contributed by atoms with E-state index in [-0.39, 0.29) is 5.16 Å². The molecule has 1 aromatic carbocycles. The van der Waals surface area contributed by atoms with Gasteiger partial charge in [-0.05, 0) is 12.1 Å². The van der Waals surface area contributed by atoms with E-state index in [0.29, 0.717) is 16.4 Å². The normalized spacial score (nSPS) is 11.7. The summed E-state index contributed by atoms with van der Waals surface area (Å²) in [5.74, 6) is 0.387. The van der Waals surface area contributed by atoms with Gasteiger partial charge in [-0.25, -0.2) is 8.42 Å². The number of rotatable bonds is 3. The Labute approximate surface area is 123 Å². The Morgan fingerprint density at radius 2 is 1.90 bits per heavy atom. The van der Waals surface area contributed by atoms with E-state index in [4.69, 9.17) is 10.7 Å². The Kier molecular flexibility index (Phi) is 3.28. The molecule has 0 radical (unpaired) electrons. The molecule has 3 rings (SSSR count). The zero-order valence-corrected chi connectivity index (χ0v) is 12.2. The lowest BCUT2D eigenvalue weighted by atomic mass is 10.3. The fraction of sp³-hybridized carbons (Fsp3) is 0. The lowest BCUT2D eigenvalue weighted by molar-refractivity contribution is 0.597. The number of benzene rings is 1. The second kappa shape index (κ2) is 4.97. The van der Waals surface area contributed by atoms with Gasteiger partial charge < -0.3 is 0 Å². The van der Waals surface area contributed by atoms with Crippen molar-refractivity contribution >= 4 is 31.1 Å². The molecule has 0 fully saturated rings. The van der Waals surface area contributed by atoms with Gasteiger partial charge in [-0.2, -0.15) is 0 Å². The molecule has 9 heteroatoms. The van der Waals surface area contributed by atoms with E-state index in [1.54, 1.807) is 36.0 Å². The van der Waals surface area contributed by atoms with Crippen molar-refractivity contribution in [2.45, 2.75) is 5.16 Å². The summed E-state index contributed by atoms with van der Waals surface area (Å²) in [7, 11) is 1.42. The monoisotopic (exact) mass is 326 g/mol. The van der Waals surface area contributed by atoms with Crippen LogP contribution in [-0.4, -0.2) is 28.2 Å². The van der Waals surface area contributed by atoms with Crippen molar-refractivity contribution in [3.8, 4) is 16.4 Å². The van der Waals surface area contributed by atoms with E-state index in [2.05, 4.69) is 15.2 Å². The van der Waals surface area contributed by atoms with Crippen molar-refractivity contribution in [2.75, 3.05) is 0 Å². The number of aromatic nitrogens is 4. The molecule has 0 aliphatic carbocycles. The van der Waals surface area contributed by atoms with Crippen LogP contribution in [0.2, 0.25) is 0 Å². The third kappa shape index (κ3) is 2.33. The molecule has 0 saturated carbocycles. The van der Waals surface area contributed by atoms with E-state index < -0.39 is 9.05 Å². The quantitative estimate of drug-likeness (QED) is 0.690. The molecule has 0 bridgehead atoms. The third-order valence-corrected chi connectivity index (χ3v) is 4.40. The van der Waals surface area contributed by atoms with Crippen LogP contribution >= 0.6 is 22.0 Å². The molecule has 2 aromatic heterocycles. The van der Waals surface area contributed by atoms with Crippen molar-refractivity contribution in [2.24, 2.45) is 0 Å². The van der Waals surface area contributed by atoms with Crippen LogP contribution in [0.5, 0.6) is 0 Å². The van der Waals surface area contributed by atoms with Gasteiger partial charge in [0.2, 0.25) is 0 Å². The number of thiazole rings is 1. The summed E-state index contributed by atoms with van der Waals surface area (Å²) in [6.45, 7) is 0.